The van der Waals surface area contributed by atoms with Crippen LogP contribution in [-0.4, -0.2) is 26.6 Å². The molecule has 1 aliphatic heterocycles. The summed E-state index contributed by atoms with van der Waals surface area (Å²) < 4.78 is 32.8. The maximum Gasteiger partial charge on any atom is 0.439 e. The minimum atomic E-state index is -0.616. The predicted molar refractivity (Wildman–Crippen MR) is 147 cm³/mol. The summed E-state index contributed by atoms with van der Waals surface area (Å²) in [5.74, 6) is 0.0302. The summed E-state index contributed by atoms with van der Waals surface area (Å²) in [5.41, 5.74) is 8.03. The molecule has 40 heavy (non-hydrogen) atoms. The summed E-state index contributed by atoms with van der Waals surface area (Å²) in [6.45, 7) is 0.626. The van der Waals surface area contributed by atoms with Crippen LogP contribution >= 0.6 is 11.6 Å². The molecular weight excluding hydrogens is 535 g/mol. The van der Waals surface area contributed by atoms with Gasteiger partial charge < -0.3 is 13.9 Å². The number of nitrogens with one attached hydrogen (secondary N) is 1. The minimum absolute atomic E-state index is 0.195. The molecule has 8 nitrogen and oxygen atoms in total. The summed E-state index contributed by atoms with van der Waals surface area (Å²) in [6.07, 6.45) is 4.43. The number of aromatic amines is 1. The van der Waals surface area contributed by atoms with Crippen LogP contribution in [0.5, 0.6) is 5.75 Å². The number of ether oxygens (including phenoxy) is 2. The molecule has 10 heteroatoms. The summed E-state index contributed by atoms with van der Waals surface area (Å²) in [6, 6.07) is 14.5. The maximum atomic E-state index is 14.3. The number of benzene rings is 2. The topological polar surface area (TPSA) is 94.7 Å². The van der Waals surface area contributed by atoms with E-state index in [0.717, 1.165) is 63.3 Å². The lowest BCUT2D eigenvalue weighted by Gasteiger charge is -2.16. The Labute approximate surface area is 233 Å². The molecule has 4 heterocycles. The van der Waals surface area contributed by atoms with Crippen LogP contribution in [0.15, 0.2) is 64.0 Å². The van der Waals surface area contributed by atoms with Crippen LogP contribution in [0, 0.1) is 11.7 Å². The van der Waals surface area contributed by atoms with E-state index in [1.807, 2.05) is 22.7 Å². The summed E-state index contributed by atoms with van der Waals surface area (Å²) in [4.78, 5) is 19.4. The Morgan fingerprint density at radius 3 is 2.80 bits per heavy atom. The molecule has 0 saturated heterocycles. The van der Waals surface area contributed by atoms with Crippen molar-refractivity contribution in [3.63, 3.8) is 0 Å². The SMILES string of the molecule is COCc1nc2cc(Cl)ccn2c1Cc1ccc2c(c1)COc1cc(F)ccc1/C2=C(\c1noc(=O)[nH]1)C1CC1. The van der Waals surface area contributed by atoms with Gasteiger partial charge >= 0.3 is 5.76 Å². The first-order chi connectivity index (χ1) is 19.5. The van der Waals surface area contributed by atoms with Crippen molar-refractivity contribution in [1.29, 1.82) is 0 Å². The van der Waals surface area contributed by atoms with E-state index in [-0.39, 0.29) is 18.3 Å². The zero-order valence-electron chi connectivity index (χ0n) is 21.5. The van der Waals surface area contributed by atoms with Gasteiger partial charge in [0.25, 0.3) is 0 Å². The van der Waals surface area contributed by atoms with Gasteiger partial charge in [-0.1, -0.05) is 35.0 Å². The highest BCUT2D eigenvalue weighted by molar-refractivity contribution is 6.30. The predicted octanol–water partition coefficient (Wildman–Crippen LogP) is 5.80. The Bertz CT molecular complexity index is 1870. The molecule has 0 spiro atoms. The maximum absolute atomic E-state index is 14.3. The second-order valence-electron chi connectivity index (χ2n) is 10.1. The zero-order valence-corrected chi connectivity index (χ0v) is 22.3. The van der Waals surface area contributed by atoms with E-state index in [0.29, 0.717) is 29.6 Å². The first kappa shape index (κ1) is 24.8. The third-order valence-corrected chi connectivity index (χ3v) is 7.64. The average Bonchev–Trinajstić information content (AvgIpc) is 3.63. The van der Waals surface area contributed by atoms with Crippen molar-refractivity contribution in [3.8, 4) is 5.75 Å². The minimum Gasteiger partial charge on any atom is -0.488 e. The lowest BCUT2D eigenvalue weighted by Crippen LogP contribution is -2.04. The van der Waals surface area contributed by atoms with E-state index in [9.17, 15) is 9.18 Å². The number of imidazole rings is 1. The first-order valence-electron chi connectivity index (χ1n) is 13.0. The van der Waals surface area contributed by atoms with E-state index in [4.69, 9.17) is 30.6 Å². The number of rotatable bonds is 6. The molecule has 0 bridgehead atoms. The first-order valence-corrected chi connectivity index (χ1v) is 13.4. The lowest BCUT2D eigenvalue weighted by molar-refractivity contribution is 0.181. The van der Waals surface area contributed by atoms with E-state index in [1.165, 1.54) is 12.1 Å². The summed E-state index contributed by atoms with van der Waals surface area (Å²) in [7, 11) is 1.65. The third-order valence-electron chi connectivity index (χ3n) is 7.41. The molecule has 1 saturated carbocycles. The Kier molecular flexibility index (Phi) is 6.05. The molecule has 7 rings (SSSR count). The van der Waals surface area contributed by atoms with E-state index in [2.05, 4.69) is 28.3 Å². The molecule has 202 valence electrons. The largest absolute Gasteiger partial charge is 0.488 e. The van der Waals surface area contributed by atoms with Crippen LogP contribution in [-0.2, 0) is 24.4 Å². The molecular formula is C30H24ClFN4O4. The summed E-state index contributed by atoms with van der Waals surface area (Å²) >= 11 is 6.22. The normalized spacial score (nSPS) is 15.9. The second-order valence-corrected chi connectivity index (χ2v) is 10.6. The molecule has 0 unspecified atom stereocenters. The highest BCUT2D eigenvalue weighted by Gasteiger charge is 2.35. The fraction of sp³-hybridized carbons (Fsp3) is 0.233. The van der Waals surface area contributed by atoms with Gasteiger partial charge in [-0.15, -0.1) is 0 Å². The van der Waals surface area contributed by atoms with Crippen molar-refractivity contribution in [2.45, 2.75) is 32.5 Å². The van der Waals surface area contributed by atoms with Gasteiger partial charge in [0.05, 0.1) is 18.0 Å². The number of halogens is 2. The highest BCUT2D eigenvalue weighted by atomic mass is 35.5. The van der Waals surface area contributed by atoms with Gasteiger partial charge in [0.15, 0.2) is 5.82 Å². The molecule has 1 aliphatic carbocycles. The molecule has 0 atom stereocenters. The van der Waals surface area contributed by atoms with Crippen LogP contribution in [0.1, 0.15) is 52.3 Å². The molecule has 0 amide bonds. The number of allylic oxidation sites excluding steroid dienone is 1. The van der Waals surface area contributed by atoms with Gasteiger partial charge in [0, 0.05) is 53.6 Å². The number of aromatic nitrogens is 4. The van der Waals surface area contributed by atoms with Crippen molar-refractivity contribution >= 4 is 28.4 Å². The Morgan fingerprint density at radius 1 is 1.18 bits per heavy atom. The van der Waals surface area contributed by atoms with E-state index in [1.54, 1.807) is 13.2 Å². The van der Waals surface area contributed by atoms with Crippen LogP contribution in [0.3, 0.4) is 0 Å². The monoisotopic (exact) mass is 558 g/mol. The van der Waals surface area contributed by atoms with Crippen LogP contribution in [0.4, 0.5) is 4.39 Å². The standard InChI is InChI=1S/C30H24ClFN4O4/c1-38-15-23-24(36-9-8-19(31)12-26(36)33-23)11-16-2-6-21-18(10-16)14-39-25-13-20(32)5-7-22(25)28(21)27(17-3-4-17)29-34-30(37)40-35-29/h2,5-10,12-13,17H,3-4,11,14-15H2,1H3,(H,34,35,37)/b28-27-. The Hall–Kier alpha value is -4.21. The molecule has 2 aromatic carbocycles. The zero-order chi connectivity index (χ0) is 27.4. The molecule has 3 aromatic heterocycles. The fourth-order valence-electron chi connectivity index (χ4n) is 5.52. The fourth-order valence-corrected chi connectivity index (χ4v) is 5.67. The highest BCUT2D eigenvalue weighted by Crippen LogP contribution is 2.49. The number of methoxy groups -OCH3 is 1. The van der Waals surface area contributed by atoms with Crippen molar-refractivity contribution in [2.24, 2.45) is 5.92 Å². The van der Waals surface area contributed by atoms with Gasteiger partial charge in [-0.3, -0.25) is 9.51 Å². The molecule has 2 aliphatic rings. The number of H-pyrrole nitrogens is 1. The molecule has 0 radical (unpaired) electrons. The van der Waals surface area contributed by atoms with Crippen LogP contribution in [0.25, 0.3) is 16.8 Å². The average molecular weight is 559 g/mol. The van der Waals surface area contributed by atoms with E-state index >= 15 is 0 Å². The molecule has 1 N–H and O–H groups in total. The van der Waals surface area contributed by atoms with Gasteiger partial charge in [0.2, 0.25) is 0 Å². The van der Waals surface area contributed by atoms with Crippen molar-refractivity contribution in [1.82, 2.24) is 19.5 Å². The Balaban J connectivity index is 1.38. The van der Waals surface area contributed by atoms with Crippen molar-refractivity contribution in [2.75, 3.05) is 7.11 Å². The smallest absolute Gasteiger partial charge is 0.439 e. The lowest BCUT2D eigenvalue weighted by atomic mass is 9.87. The summed E-state index contributed by atoms with van der Waals surface area (Å²) in [5, 5.41) is 4.65. The quantitative estimate of drug-likeness (QED) is 0.283. The second kappa shape index (κ2) is 9.76. The van der Waals surface area contributed by atoms with Gasteiger partial charge in [-0.2, -0.15) is 0 Å². The van der Waals surface area contributed by atoms with Crippen molar-refractivity contribution in [3.05, 3.63) is 116 Å². The molecule has 5 aromatic rings. The van der Waals surface area contributed by atoms with Gasteiger partial charge in [-0.25, -0.2) is 14.2 Å². The van der Waals surface area contributed by atoms with E-state index < -0.39 is 5.76 Å². The number of hydrogen-bond donors (Lipinski definition) is 1. The van der Waals surface area contributed by atoms with Crippen LogP contribution in [0.2, 0.25) is 5.02 Å². The number of fused-ring (bicyclic) bond motifs is 3. The Morgan fingerprint density at radius 2 is 2.02 bits per heavy atom. The number of nitrogens with zero attached hydrogens (tertiary/aromatic N) is 3. The number of pyridine rings is 1. The van der Waals surface area contributed by atoms with Gasteiger partial charge in [-0.05, 0) is 53.6 Å². The van der Waals surface area contributed by atoms with Gasteiger partial charge in [0.1, 0.15) is 23.8 Å². The van der Waals surface area contributed by atoms with Crippen LogP contribution < -0.4 is 10.5 Å². The van der Waals surface area contributed by atoms with Crippen molar-refractivity contribution < 1.29 is 18.4 Å². The number of hydrogen-bond acceptors (Lipinski definition) is 6. The third kappa shape index (κ3) is 4.41. The molecule has 1 fully saturated rings.